The Morgan fingerprint density at radius 1 is 1.18 bits per heavy atom. The molecule has 0 radical (unpaired) electrons. The van der Waals surface area contributed by atoms with E-state index in [-0.39, 0.29) is 0 Å². The largest absolute Gasteiger partial charge is 0.497 e. The normalized spacial score (nSPS) is 10.1. The van der Waals surface area contributed by atoms with Crippen LogP contribution in [0.25, 0.3) is 0 Å². The van der Waals surface area contributed by atoms with Crippen LogP contribution in [0.1, 0.15) is 26.3 Å². The topological polar surface area (TPSA) is 35.5 Å². The van der Waals surface area contributed by atoms with Crippen LogP contribution in [0.15, 0.2) is 24.3 Å². The first kappa shape index (κ1) is 13.1. The van der Waals surface area contributed by atoms with E-state index in [0.29, 0.717) is 0 Å². The molecule has 0 fully saturated rings. The predicted octanol–water partition coefficient (Wildman–Crippen LogP) is 2.39. The van der Waals surface area contributed by atoms with Crippen LogP contribution in [-0.2, 0) is 9.53 Å². The van der Waals surface area contributed by atoms with Crippen molar-refractivity contribution in [2.24, 2.45) is 0 Å². The summed E-state index contributed by atoms with van der Waals surface area (Å²) in [5, 5.41) is 0. The van der Waals surface area contributed by atoms with Crippen LogP contribution >= 0.6 is 0 Å². The van der Waals surface area contributed by atoms with E-state index in [1.807, 2.05) is 0 Å². The van der Waals surface area contributed by atoms with E-state index in [1.54, 1.807) is 52.1 Å². The summed E-state index contributed by atoms with van der Waals surface area (Å²) in [4.78, 5) is 11.3. The molecule has 0 aromatic heterocycles. The summed E-state index contributed by atoms with van der Waals surface area (Å²) >= 11 is 0. The molecule has 0 saturated carbocycles. The van der Waals surface area contributed by atoms with Gasteiger partial charge in [0.05, 0.1) is 7.11 Å². The van der Waals surface area contributed by atoms with Gasteiger partial charge in [0.1, 0.15) is 11.4 Å². The molecular formula is C14H16O3. The van der Waals surface area contributed by atoms with Gasteiger partial charge in [-0.15, -0.1) is 0 Å². The summed E-state index contributed by atoms with van der Waals surface area (Å²) in [6.07, 6.45) is 0. The molecule has 0 N–H and O–H groups in total. The summed E-state index contributed by atoms with van der Waals surface area (Å²) in [6.45, 7) is 5.42. The van der Waals surface area contributed by atoms with Crippen LogP contribution in [0.5, 0.6) is 5.75 Å². The molecule has 0 atom stereocenters. The fourth-order valence-electron chi connectivity index (χ4n) is 1.10. The molecule has 0 spiro atoms. The van der Waals surface area contributed by atoms with Crippen molar-refractivity contribution in [3.8, 4) is 17.6 Å². The molecule has 1 rings (SSSR count). The second-order valence-electron chi connectivity index (χ2n) is 4.48. The fourth-order valence-corrected chi connectivity index (χ4v) is 1.10. The van der Waals surface area contributed by atoms with Gasteiger partial charge in [0, 0.05) is 11.5 Å². The lowest BCUT2D eigenvalue weighted by Crippen LogP contribution is -2.22. The van der Waals surface area contributed by atoms with Crippen molar-refractivity contribution >= 4 is 5.97 Å². The van der Waals surface area contributed by atoms with Gasteiger partial charge in [-0.2, -0.15) is 0 Å². The highest BCUT2D eigenvalue weighted by atomic mass is 16.6. The van der Waals surface area contributed by atoms with E-state index < -0.39 is 11.6 Å². The van der Waals surface area contributed by atoms with Crippen LogP contribution in [0, 0.1) is 11.8 Å². The molecule has 0 heterocycles. The first-order valence-electron chi connectivity index (χ1n) is 5.30. The zero-order valence-electron chi connectivity index (χ0n) is 10.5. The number of ether oxygens (including phenoxy) is 2. The zero-order chi connectivity index (χ0) is 12.9. The number of rotatable bonds is 1. The minimum atomic E-state index is -0.520. The highest BCUT2D eigenvalue weighted by Gasteiger charge is 2.14. The third-order valence-corrected chi connectivity index (χ3v) is 1.80. The van der Waals surface area contributed by atoms with Gasteiger partial charge in [-0.05, 0) is 45.0 Å². The highest BCUT2D eigenvalue weighted by Crippen LogP contribution is 2.10. The molecule has 0 unspecified atom stereocenters. The average molecular weight is 232 g/mol. The lowest BCUT2D eigenvalue weighted by Gasteiger charge is -2.16. The van der Waals surface area contributed by atoms with Crippen LogP contribution in [0.4, 0.5) is 0 Å². The molecule has 3 heteroatoms. The first-order valence-corrected chi connectivity index (χ1v) is 5.30. The SMILES string of the molecule is COc1ccc(C#CC(=O)OC(C)(C)C)cc1. The lowest BCUT2D eigenvalue weighted by atomic mass is 10.2. The molecular weight excluding hydrogens is 216 g/mol. The maximum atomic E-state index is 11.3. The van der Waals surface area contributed by atoms with Gasteiger partial charge in [-0.1, -0.05) is 5.92 Å². The van der Waals surface area contributed by atoms with Crippen LogP contribution in [-0.4, -0.2) is 18.7 Å². The van der Waals surface area contributed by atoms with E-state index in [2.05, 4.69) is 11.8 Å². The molecule has 0 aliphatic carbocycles. The van der Waals surface area contributed by atoms with Crippen molar-refractivity contribution in [2.45, 2.75) is 26.4 Å². The van der Waals surface area contributed by atoms with Crippen LogP contribution < -0.4 is 4.74 Å². The average Bonchev–Trinajstić information content (AvgIpc) is 2.25. The predicted molar refractivity (Wildman–Crippen MR) is 65.7 cm³/mol. The van der Waals surface area contributed by atoms with Crippen molar-refractivity contribution in [3.63, 3.8) is 0 Å². The van der Waals surface area contributed by atoms with Gasteiger partial charge >= 0.3 is 5.97 Å². The molecule has 0 aliphatic rings. The molecule has 0 amide bonds. The van der Waals surface area contributed by atoms with Crippen LogP contribution in [0.3, 0.4) is 0 Å². The van der Waals surface area contributed by atoms with Gasteiger partial charge in [0.15, 0.2) is 0 Å². The van der Waals surface area contributed by atoms with Crippen LogP contribution in [0.2, 0.25) is 0 Å². The second-order valence-corrected chi connectivity index (χ2v) is 4.48. The lowest BCUT2D eigenvalue weighted by molar-refractivity contribution is -0.147. The zero-order valence-corrected chi connectivity index (χ0v) is 10.5. The number of methoxy groups -OCH3 is 1. The van der Waals surface area contributed by atoms with Crippen molar-refractivity contribution in [1.82, 2.24) is 0 Å². The number of esters is 1. The van der Waals surface area contributed by atoms with Gasteiger partial charge in [-0.3, -0.25) is 0 Å². The van der Waals surface area contributed by atoms with Crippen molar-refractivity contribution in [2.75, 3.05) is 7.11 Å². The summed E-state index contributed by atoms with van der Waals surface area (Å²) in [6, 6.07) is 7.16. The molecule has 0 aliphatic heterocycles. The summed E-state index contributed by atoms with van der Waals surface area (Å²) in [7, 11) is 1.60. The minimum absolute atomic E-state index is 0.508. The Morgan fingerprint density at radius 3 is 2.24 bits per heavy atom. The highest BCUT2D eigenvalue weighted by molar-refractivity contribution is 5.89. The van der Waals surface area contributed by atoms with Gasteiger partial charge in [0.25, 0.3) is 0 Å². The Morgan fingerprint density at radius 2 is 1.76 bits per heavy atom. The van der Waals surface area contributed by atoms with Gasteiger partial charge in [0.2, 0.25) is 0 Å². The minimum Gasteiger partial charge on any atom is -0.497 e. The number of carbonyl (C=O) groups is 1. The third-order valence-electron chi connectivity index (χ3n) is 1.80. The molecule has 1 aromatic rings. The van der Waals surface area contributed by atoms with Crippen molar-refractivity contribution in [3.05, 3.63) is 29.8 Å². The van der Waals surface area contributed by atoms with E-state index >= 15 is 0 Å². The fraction of sp³-hybridized carbons (Fsp3) is 0.357. The van der Waals surface area contributed by atoms with E-state index in [0.717, 1.165) is 11.3 Å². The molecule has 1 aromatic carbocycles. The van der Waals surface area contributed by atoms with E-state index in [1.165, 1.54) is 0 Å². The molecule has 17 heavy (non-hydrogen) atoms. The number of hydrogen-bond donors (Lipinski definition) is 0. The monoisotopic (exact) mass is 232 g/mol. The summed E-state index contributed by atoms with van der Waals surface area (Å²) in [5.41, 5.74) is 0.239. The molecule has 3 nitrogen and oxygen atoms in total. The third kappa shape index (κ3) is 5.07. The maximum Gasteiger partial charge on any atom is 0.385 e. The maximum absolute atomic E-state index is 11.3. The molecule has 90 valence electrons. The Kier molecular flexibility index (Phi) is 4.17. The quantitative estimate of drug-likeness (QED) is 0.551. The molecule has 0 bridgehead atoms. The second kappa shape index (κ2) is 5.40. The van der Waals surface area contributed by atoms with E-state index in [9.17, 15) is 4.79 Å². The molecule has 0 saturated heterocycles. The van der Waals surface area contributed by atoms with E-state index in [4.69, 9.17) is 9.47 Å². The summed E-state index contributed by atoms with van der Waals surface area (Å²) < 4.78 is 10.1. The Hall–Kier alpha value is -1.95. The van der Waals surface area contributed by atoms with Crippen molar-refractivity contribution in [1.29, 1.82) is 0 Å². The standard InChI is InChI=1S/C14H16O3/c1-14(2,3)17-13(15)10-7-11-5-8-12(16-4)9-6-11/h5-6,8-9H,1-4H3. The Balaban J connectivity index is 2.68. The Labute approximate surface area is 102 Å². The Bertz CT molecular complexity index is 441. The first-order chi connectivity index (χ1) is 7.90. The van der Waals surface area contributed by atoms with Crippen molar-refractivity contribution < 1.29 is 14.3 Å². The number of hydrogen-bond acceptors (Lipinski definition) is 3. The summed E-state index contributed by atoms with van der Waals surface area (Å²) in [5.74, 6) is 5.42. The van der Waals surface area contributed by atoms with Gasteiger partial charge in [-0.25, -0.2) is 4.79 Å². The van der Waals surface area contributed by atoms with Gasteiger partial charge < -0.3 is 9.47 Å². The number of benzene rings is 1. The number of carbonyl (C=O) groups excluding carboxylic acids is 1. The smallest absolute Gasteiger partial charge is 0.385 e.